The minimum absolute atomic E-state index is 0.246. The molecule has 0 bridgehead atoms. The van der Waals surface area contributed by atoms with Gasteiger partial charge in [-0.3, -0.25) is 19.2 Å². The second kappa shape index (κ2) is 16.8. The van der Waals surface area contributed by atoms with Gasteiger partial charge in [0.25, 0.3) is 0 Å². The third-order valence-electron chi connectivity index (χ3n) is 6.60. The van der Waals surface area contributed by atoms with Crippen LogP contribution in [0, 0.1) is 29.2 Å². The summed E-state index contributed by atoms with van der Waals surface area (Å²) in [7, 11) is 0. The zero-order valence-corrected chi connectivity index (χ0v) is 24.6. The van der Waals surface area contributed by atoms with Crippen LogP contribution in [0.1, 0.15) is 48.8 Å². The summed E-state index contributed by atoms with van der Waals surface area (Å²) in [6, 6.07) is 12.0. The smallest absolute Gasteiger partial charge is 0.326 e. The zero-order chi connectivity index (χ0) is 34.7. The lowest BCUT2D eigenvalue weighted by atomic mass is 9.83. The zero-order valence-electron chi connectivity index (χ0n) is 24.6. The van der Waals surface area contributed by atoms with Crippen molar-refractivity contribution in [1.29, 1.82) is 0 Å². The van der Waals surface area contributed by atoms with E-state index in [4.69, 9.17) is 5.73 Å². The Kier molecular flexibility index (Phi) is 13.6. The van der Waals surface area contributed by atoms with E-state index < -0.39 is 87.9 Å². The lowest BCUT2D eigenvalue weighted by molar-refractivity contribution is -0.147. The first-order valence-electron chi connectivity index (χ1n) is 13.8. The van der Waals surface area contributed by atoms with Gasteiger partial charge in [-0.1, -0.05) is 56.3 Å². The van der Waals surface area contributed by atoms with Crippen LogP contribution in [0.5, 0.6) is 0 Å². The number of rotatable bonds is 13. The topological polar surface area (TPSA) is 184 Å². The van der Waals surface area contributed by atoms with Gasteiger partial charge in [-0.25, -0.2) is 22.4 Å². The third-order valence-corrected chi connectivity index (χ3v) is 6.60. The van der Waals surface area contributed by atoms with E-state index in [1.165, 1.54) is 0 Å². The summed E-state index contributed by atoms with van der Waals surface area (Å²) in [6.07, 6.45) is 0.778. The number of hydrogen-bond donors (Lipinski definition) is 5. The molecule has 4 atom stereocenters. The van der Waals surface area contributed by atoms with Crippen molar-refractivity contribution in [3.05, 3.63) is 107 Å². The largest absolute Gasteiger partial charge is 0.480 e. The monoisotopic (exact) mass is 648 g/mol. The molecule has 0 aromatic heterocycles. The summed E-state index contributed by atoms with van der Waals surface area (Å²) in [5.41, 5.74) is 4.18. The third kappa shape index (κ3) is 9.95. The number of amides is 1. The molecule has 0 heterocycles. The van der Waals surface area contributed by atoms with Gasteiger partial charge in [0.2, 0.25) is 5.91 Å². The Labute approximate surface area is 260 Å². The fourth-order valence-electron chi connectivity index (χ4n) is 4.46. The number of hydrogen-bond acceptors (Lipinski definition) is 6. The number of benzene rings is 3. The predicted molar refractivity (Wildman–Crippen MR) is 156 cm³/mol. The van der Waals surface area contributed by atoms with E-state index in [0.717, 1.165) is 17.7 Å². The highest BCUT2D eigenvalue weighted by molar-refractivity contribution is 6.14. The molecule has 3 rings (SSSR count). The quantitative estimate of drug-likeness (QED) is 0.135. The van der Waals surface area contributed by atoms with Crippen molar-refractivity contribution in [3.63, 3.8) is 0 Å². The molecule has 1 amide bonds. The molecule has 0 saturated carbocycles. The normalized spacial score (nSPS) is 13.4. The maximum Gasteiger partial charge on any atom is 0.326 e. The molecule has 0 aliphatic rings. The Morgan fingerprint density at radius 1 is 0.674 bits per heavy atom. The van der Waals surface area contributed by atoms with Gasteiger partial charge in [0.05, 0.1) is 6.04 Å². The van der Waals surface area contributed by atoms with Gasteiger partial charge in [0.1, 0.15) is 41.1 Å². The van der Waals surface area contributed by atoms with Crippen LogP contribution >= 0.6 is 0 Å². The van der Waals surface area contributed by atoms with Crippen molar-refractivity contribution in [2.45, 2.75) is 50.6 Å². The SMILES string of the molecule is CC(C)CC(N)C(=O)N[C@@H](Cc1ccccc1)C(=O)O.O=C(O)C(C(=O)C(C(=O)O)c1c(F)cccc1F)c1c(F)cccc1F. The minimum Gasteiger partial charge on any atom is -0.480 e. The Morgan fingerprint density at radius 3 is 1.43 bits per heavy atom. The average molecular weight is 649 g/mol. The lowest BCUT2D eigenvalue weighted by Crippen LogP contribution is -2.49. The van der Waals surface area contributed by atoms with Crippen LogP contribution in [0.4, 0.5) is 17.6 Å². The molecule has 3 unspecified atom stereocenters. The maximum absolute atomic E-state index is 13.9. The van der Waals surface area contributed by atoms with Crippen LogP contribution in [0.2, 0.25) is 0 Å². The van der Waals surface area contributed by atoms with Crippen molar-refractivity contribution in [2.75, 3.05) is 0 Å². The molecule has 246 valence electrons. The van der Waals surface area contributed by atoms with Crippen molar-refractivity contribution in [2.24, 2.45) is 11.7 Å². The number of carboxylic acid groups (broad SMARTS) is 3. The second-order valence-corrected chi connectivity index (χ2v) is 10.5. The van der Waals surface area contributed by atoms with Crippen LogP contribution < -0.4 is 11.1 Å². The molecular formula is C32H32F4N2O8. The lowest BCUT2D eigenvalue weighted by Gasteiger charge is -2.19. The molecule has 0 spiro atoms. The number of carbonyl (C=O) groups is 5. The molecule has 0 fully saturated rings. The number of aliphatic carboxylic acids is 3. The van der Waals surface area contributed by atoms with Gasteiger partial charge < -0.3 is 26.4 Å². The van der Waals surface area contributed by atoms with Gasteiger partial charge in [0, 0.05) is 17.5 Å². The van der Waals surface area contributed by atoms with Crippen LogP contribution in [-0.2, 0) is 30.4 Å². The fraction of sp³-hybridized carbons (Fsp3) is 0.281. The molecule has 0 saturated heterocycles. The summed E-state index contributed by atoms with van der Waals surface area (Å²) < 4.78 is 55.6. The van der Waals surface area contributed by atoms with E-state index in [1.807, 2.05) is 44.2 Å². The Bertz CT molecular complexity index is 1460. The van der Waals surface area contributed by atoms with Crippen molar-refractivity contribution >= 4 is 29.6 Å². The summed E-state index contributed by atoms with van der Waals surface area (Å²) in [6.45, 7) is 3.93. The van der Waals surface area contributed by atoms with Crippen molar-refractivity contribution in [3.8, 4) is 0 Å². The maximum atomic E-state index is 13.9. The highest BCUT2D eigenvalue weighted by Crippen LogP contribution is 2.32. The molecule has 0 aliphatic carbocycles. The Balaban J connectivity index is 0.000000332. The predicted octanol–water partition coefficient (Wildman–Crippen LogP) is 4.02. The number of halogens is 4. The molecule has 6 N–H and O–H groups in total. The summed E-state index contributed by atoms with van der Waals surface area (Å²) in [5.74, 6) is -18.0. The van der Waals surface area contributed by atoms with Gasteiger partial charge in [-0.2, -0.15) is 0 Å². The van der Waals surface area contributed by atoms with E-state index in [1.54, 1.807) is 0 Å². The molecule has 0 radical (unpaired) electrons. The highest BCUT2D eigenvalue weighted by Gasteiger charge is 2.43. The number of ketones is 1. The van der Waals surface area contributed by atoms with Crippen molar-refractivity contribution < 1.29 is 56.9 Å². The van der Waals surface area contributed by atoms with E-state index in [9.17, 15) is 56.9 Å². The first-order chi connectivity index (χ1) is 21.6. The number of carbonyl (C=O) groups excluding carboxylic acids is 2. The molecule has 3 aromatic carbocycles. The second-order valence-electron chi connectivity index (χ2n) is 10.5. The van der Waals surface area contributed by atoms with Gasteiger partial charge in [-0.05, 0) is 42.2 Å². The summed E-state index contributed by atoms with van der Waals surface area (Å²) in [5, 5.41) is 30.2. The number of Topliss-reactive ketones (excluding diaryl/α,β-unsaturated/α-hetero) is 1. The standard InChI is InChI=1S/C17H10F4O5.C15H22N2O3/c18-7-3-1-4-8(19)11(7)13(16(23)24)15(22)14(17(25)26)12-9(20)5-2-6-10(12)21;1-10(2)8-12(16)14(18)17-13(15(19)20)9-11-6-4-3-5-7-11/h1-6,13-14H,(H,23,24)(H,25,26);3-7,10,12-13H,8-9,16H2,1-2H3,(H,17,18)(H,19,20)/t;12?,13-/m.0/s1. The summed E-state index contributed by atoms with van der Waals surface area (Å²) >= 11 is 0. The first-order valence-corrected chi connectivity index (χ1v) is 13.8. The number of carboxylic acids is 3. The fourth-order valence-corrected chi connectivity index (χ4v) is 4.46. The minimum atomic E-state index is -2.61. The average Bonchev–Trinajstić information content (AvgIpc) is 2.96. The molecule has 14 heteroatoms. The van der Waals surface area contributed by atoms with E-state index in [0.29, 0.717) is 30.7 Å². The van der Waals surface area contributed by atoms with Crippen LogP contribution in [0.3, 0.4) is 0 Å². The van der Waals surface area contributed by atoms with E-state index in [-0.39, 0.29) is 12.3 Å². The molecule has 10 nitrogen and oxygen atoms in total. The number of nitrogens with two attached hydrogens (primary N) is 1. The molecule has 0 aliphatic heterocycles. The Hall–Kier alpha value is -5.11. The van der Waals surface area contributed by atoms with E-state index >= 15 is 0 Å². The molecular weight excluding hydrogens is 616 g/mol. The highest BCUT2D eigenvalue weighted by atomic mass is 19.1. The van der Waals surface area contributed by atoms with Gasteiger partial charge in [0.15, 0.2) is 5.78 Å². The van der Waals surface area contributed by atoms with Crippen LogP contribution in [0.25, 0.3) is 0 Å². The van der Waals surface area contributed by atoms with Crippen LogP contribution in [0.15, 0.2) is 66.7 Å². The summed E-state index contributed by atoms with van der Waals surface area (Å²) in [4.78, 5) is 58.5. The van der Waals surface area contributed by atoms with Gasteiger partial charge in [-0.15, -0.1) is 0 Å². The van der Waals surface area contributed by atoms with E-state index in [2.05, 4.69) is 5.32 Å². The molecule has 3 aromatic rings. The van der Waals surface area contributed by atoms with Crippen LogP contribution in [-0.4, -0.2) is 57.0 Å². The number of nitrogens with one attached hydrogen (secondary N) is 1. The first kappa shape index (κ1) is 37.1. The molecule has 46 heavy (non-hydrogen) atoms. The van der Waals surface area contributed by atoms with Gasteiger partial charge >= 0.3 is 17.9 Å². The Morgan fingerprint density at radius 2 is 1.09 bits per heavy atom. The van der Waals surface area contributed by atoms with Crippen molar-refractivity contribution in [1.82, 2.24) is 5.32 Å².